The van der Waals surface area contributed by atoms with Crippen molar-refractivity contribution in [2.45, 2.75) is 58.5 Å². The van der Waals surface area contributed by atoms with Gasteiger partial charge in [-0.3, -0.25) is 4.79 Å². The molecule has 0 spiro atoms. The van der Waals surface area contributed by atoms with E-state index in [0.29, 0.717) is 12.8 Å². The van der Waals surface area contributed by atoms with Gasteiger partial charge < -0.3 is 20.5 Å². The van der Waals surface area contributed by atoms with Gasteiger partial charge in [0.05, 0.1) is 0 Å². The lowest BCUT2D eigenvalue weighted by Gasteiger charge is -2.26. The molecule has 0 fully saturated rings. The third kappa shape index (κ3) is 5.76. The van der Waals surface area contributed by atoms with E-state index in [4.69, 9.17) is 4.74 Å². The molecule has 0 saturated carbocycles. The average Bonchev–Trinajstić information content (AvgIpc) is 3.13. The van der Waals surface area contributed by atoms with Crippen molar-refractivity contribution in [1.29, 1.82) is 0 Å². The van der Waals surface area contributed by atoms with Crippen molar-refractivity contribution in [3.63, 3.8) is 0 Å². The molecule has 0 heterocycles. The molecule has 3 N–H and O–H groups in total. The summed E-state index contributed by atoms with van der Waals surface area (Å²) in [5.74, 6) is -1.80. The molecule has 0 saturated heterocycles. The number of hydrogen-bond acceptors (Lipinski definition) is 4. The molecule has 1 aliphatic carbocycles. The zero-order chi connectivity index (χ0) is 24.8. The predicted molar refractivity (Wildman–Crippen MR) is 130 cm³/mol. The summed E-state index contributed by atoms with van der Waals surface area (Å²) in [4.78, 5) is 37.2. The second-order valence-corrected chi connectivity index (χ2v) is 9.36. The minimum absolute atomic E-state index is 0.0866. The molecular formula is C27H34N2O5. The normalized spacial score (nSPS) is 15.1. The van der Waals surface area contributed by atoms with Gasteiger partial charge in [-0.25, -0.2) is 9.59 Å². The van der Waals surface area contributed by atoms with Gasteiger partial charge in [-0.15, -0.1) is 0 Å². The van der Waals surface area contributed by atoms with Crippen molar-refractivity contribution in [2.24, 2.45) is 11.8 Å². The lowest BCUT2D eigenvalue weighted by molar-refractivity contribution is -0.142. The number of rotatable bonds is 10. The first-order valence-corrected chi connectivity index (χ1v) is 11.9. The SMILES string of the molecule is CCC(C)[C@H](NC(=O)OCC1c2ccccc2-c2ccccc21)C(=O)N[C@H](CC(C)C)C(=O)O. The minimum atomic E-state index is -1.09. The smallest absolute Gasteiger partial charge is 0.407 e. The van der Waals surface area contributed by atoms with Crippen molar-refractivity contribution >= 4 is 18.0 Å². The van der Waals surface area contributed by atoms with Crippen LogP contribution in [0.1, 0.15) is 57.6 Å². The van der Waals surface area contributed by atoms with Gasteiger partial charge in [-0.05, 0) is 40.5 Å². The fourth-order valence-electron chi connectivity index (χ4n) is 4.42. The third-order valence-electron chi connectivity index (χ3n) is 6.43. The lowest BCUT2D eigenvalue weighted by Crippen LogP contribution is -2.54. The van der Waals surface area contributed by atoms with Crippen LogP contribution in [0.3, 0.4) is 0 Å². The first-order valence-electron chi connectivity index (χ1n) is 11.9. The number of alkyl carbamates (subject to hydrolysis) is 1. The highest BCUT2D eigenvalue weighted by Crippen LogP contribution is 2.44. The number of hydrogen-bond donors (Lipinski definition) is 3. The predicted octanol–water partition coefficient (Wildman–Crippen LogP) is 4.56. The number of carboxylic acid groups (broad SMARTS) is 1. The van der Waals surface area contributed by atoms with E-state index in [1.165, 1.54) is 0 Å². The molecule has 0 bridgehead atoms. The molecule has 182 valence electrons. The van der Waals surface area contributed by atoms with Crippen molar-refractivity contribution in [2.75, 3.05) is 6.61 Å². The van der Waals surface area contributed by atoms with Gasteiger partial charge in [-0.1, -0.05) is 82.6 Å². The Morgan fingerprint density at radius 2 is 1.50 bits per heavy atom. The second-order valence-electron chi connectivity index (χ2n) is 9.36. The highest BCUT2D eigenvalue weighted by atomic mass is 16.5. The fraction of sp³-hybridized carbons (Fsp3) is 0.444. The molecule has 7 nitrogen and oxygen atoms in total. The monoisotopic (exact) mass is 466 g/mol. The summed E-state index contributed by atoms with van der Waals surface area (Å²) in [5, 5.41) is 14.7. The first-order chi connectivity index (χ1) is 16.2. The van der Waals surface area contributed by atoms with Crippen LogP contribution in [0.5, 0.6) is 0 Å². The van der Waals surface area contributed by atoms with Gasteiger partial charge in [0, 0.05) is 5.92 Å². The minimum Gasteiger partial charge on any atom is -0.480 e. The number of benzene rings is 2. The summed E-state index contributed by atoms with van der Waals surface area (Å²) >= 11 is 0. The molecule has 1 unspecified atom stereocenters. The molecule has 2 aromatic carbocycles. The van der Waals surface area contributed by atoms with Crippen LogP contribution in [0.4, 0.5) is 4.79 Å². The summed E-state index contributed by atoms with van der Waals surface area (Å²) < 4.78 is 5.59. The molecule has 2 amide bonds. The molecular weight excluding hydrogens is 432 g/mol. The van der Waals surface area contributed by atoms with Crippen LogP contribution in [0.2, 0.25) is 0 Å². The van der Waals surface area contributed by atoms with Crippen molar-refractivity contribution < 1.29 is 24.2 Å². The number of nitrogens with one attached hydrogen (secondary N) is 2. The number of fused-ring (bicyclic) bond motifs is 3. The standard InChI is InChI=1S/C27H34N2O5/c1-5-17(4)24(25(30)28-23(26(31)32)14-16(2)3)29-27(33)34-15-22-20-12-8-6-10-18(20)19-11-7-9-13-21(19)22/h6-13,16-17,22-24H,5,14-15H2,1-4H3,(H,28,30)(H,29,33)(H,31,32)/t17?,23-,24+/m1/s1. The van der Waals surface area contributed by atoms with Gasteiger partial charge in [-0.2, -0.15) is 0 Å². The van der Waals surface area contributed by atoms with E-state index in [9.17, 15) is 19.5 Å². The molecule has 3 rings (SSSR count). The Hall–Kier alpha value is -3.35. The second kappa shape index (κ2) is 11.2. The molecule has 1 aliphatic rings. The average molecular weight is 467 g/mol. The van der Waals surface area contributed by atoms with Crippen LogP contribution in [0, 0.1) is 11.8 Å². The number of carboxylic acids is 1. The van der Waals surface area contributed by atoms with Crippen LogP contribution in [0.15, 0.2) is 48.5 Å². The Balaban J connectivity index is 1.68. The number of carbonyl (C=O) groups excluding carboxylic acids is 2. The van der Waals surface area contributed by atoms with E-state index < -0.39 is 30.1 Å². The van der Waals surface area contributed by atoms with Crippen molar-refractivity contribution in [3.8, 4) is 11.1 Å². The summed E-state index contributed by atoms with van der Waals surface area (Å²) in [6.45, 7) is 7.67. The van der Waals surface area contributed by atoms with Gasteiger partial charge in [0.1, 0.15) is 18.7 Å². The topological polar surface area (TPSA) is 105 Å². The van der Waals surface area contributed by atoms with Crippen LogP contribution >= 0.6 is 0 Å². The van der Waals surface area contributed by atoms with E-state index in [1.807, 2.05) is 64.1 Å². The Morgan fingerprint density at radius 3 is 2.00 bits per heavy atom. The maximum absolute atomic E-state index is 12.9. The quantitative estimate of drug-likeness (QED) is 0.476. The van der Waals surface area contributed by atoms with Gasteiger partial charge in [0.2, 0.25) is 5.91 Å². The van der Waals surface area contributed by atoms with Crippen molar-refractivity contribution in [1.82, 2.24) is 10.6 Å². The Labute approximate surface area is 200 Å². The van der Waals surface area contributed by atoms with E-state index in [2.05, 4.69) is 22.8 Å². The Kier molecular flexibility index (Phi) is 8.31. The molecule has 34 heavy (non-hydrogen) atoms. The van der Waals surface area contributed by atoms with Crippen LogP contribution in [0.25, 0.3) is 11.1 Å². The van der Waals surface area contributed by atoms with E-state index in [-0.39, 0.29) is 24.4 Å². The van der Waals surface area contributed by atoms with Crippen LogP contribution in [-0.4, -0.2) is 41.8 Å². The van der Waals surface area contributed by atoms with Crippen molar-refractivity contribution in [3.05, 3.63) is 59.7 Å². The third-order valence-corrected chi connectivity index (χ3v) is 6.43. The maximum atomic E-state index is 12.9. The van der Waals surface area contributed by atoms with Gasteiger partial charge >= 0.3 is 12.1 Å². The van der Waals surface area contributed by atoms with Gasteiger partial charge in [0.15, 0.2) is 0 Å². The number of carbonyl (C=O) groups is 3. The zero-order valence-corrected chi connectivity index (χ0v) is 20.2. The summed E-state index contributed by atoms with van der Waals surface area (Å²) in [7, 11) is 0. The van der Waals surface area contributed by atoms with E-state index in [1.54, 1.807) is 0 Å². The molecule has 0 aromatic heterocycles. The van der Waals surface area contributed by atoms with Crippen LogP contribution < -0.4 is 10.6 Å². The zero-order valence-electron chi connectivity index (χ0n) is 20.2. The van der Waals surface area contributed by atoms with Gasteiger partial charge in [0.25, 0.3) is 0 Å². The fourth-order valence-corrected chi connectivity index (χ4v) is 4.42. The van der Waals surface area contributed by atoms with E-state index in [0.717, 1.165) is 22.3 Å². The Bertz CT molecular complexity index is 990. The highest BCUT2D eigenvalue weighted by molar-refractivity contribution is 5.89. The van der Waals surface area contributed by atoms with E-state index >= 15 is 0 Å². The summed E-state index contributed by atoms with van der Waals surface area (Å²) in [6, 6.07) is 14.2. The lowest BCUT2D eigenvalue weighted by atomic mass is 9.97. The number of ether oxygens (including phenoxy) is 1. The molecule has 3 atom stereocenters. The largest absolute Gasteiger partial charge is 0.480 e. The summed E-state index contributed by atoms with van der Waals surface area (Å²) in [6.07, 6.45) is 0.237. The number of amides is 2. The maximum Gasteiger partial charge on any atom is 0.407 e. The van der Waals surface area contributed by atoms with Crippen LogP contribution in [-0.2, 0) is 14.3 Å². The molecule has 0 aliphatic heterocycles. The summed E-state index contributed by atoms with van der Waals surface area (Å²) in [5.41, 5.74) is 4.47. The number of aliphatic carboxylic acids is 1. The first kappa shape index (κ1) is 25.3. The molecule has 2 aromatic rings. The molecule has 7 heteroatoms. The molecule has 0 radical (unpaired) electrons. The Morgan fingerprint density at radius 1 is 0.941 bits per heavy atom. The highest BCUT2D eigenvalue weighted by Gasteiger charge is 2.32.